The first-order valence-electron chi connectivity index (χ1n) is 10.4. The number of aromatic nitrogens is 5. The maximum absolute atomic E-state index is 12.9. The van der Waals surface area contributed by atoms with Crippen molar-refractivity contribution in [2.75, 3.05) is 11.1 Å². The van der Waals surface area contributed by atoms with Crippen LogP contribution < -0.4 is 10.9 Å². The molecule has 0 aliphatic carbocycles. The van der Waals surface area contributed by atoms with Gasteiger partial charge in [-0.3, -0.25) is 18.6 Å². The fraction of sp³-hybridized carbons (Fsp3) is 0.174. The Morgan fingerprint density at radius 1 is 1.24 bits per heavy atom. The number of hydrogen-bond donors (Lipinski definition) is 1. The molecule has 5 rings (SSSR count). The van der Waals surface area contributed by atoms with Crippen LogP contribution in [0.2, 0.25) is 0 Å². The second-order valence-electron chi connectivity index (χ2n) is 7.35. The smallest absolute Gasteiger partial charge is 0.263 e. The van der Waals surface area contributed by atoms with Gasteiger partial charge in [-0.1, -0.05) is 54.3 Å². The summed E-state index contributed by atoms with van der Waals surface area (Å²) < 4.78 is 4.38. The van der Waals surface area contributed by atoms with E-state index in [4.69, 9.17) is 0 Å². The lowest BCUT2D eigenvalue weighted by atomic mass is 10.2. The van der Waals surface area contributed by atoms with E-state index < -0.39 is 0 Å². The molecular weight excluding hydrogens is 456 g/mol. The Balaban J connectivity index is 1.41. The number of amides is 1. The van der Waals surface area contributed by atoms with Crippen molar-refractivity contribution in [2.45, 2.75) is 25.0 Å². The van der Waals surface area contributed by atoms with E-state index in [1.165, 1.54) is 33.2 Å². The summed E-state index contributed by atoms with van der Waals surface area (Å²) >= 11 is 2.72. The predicted molar refractivity (Wildman–Crippen MR) is 133 cm³/mol. The Bertz CT molecular complexity index is 1580. The van der Waals surface area contributed by atoms with E-state index in [-0.39, 0.29) is 17.2 Å². The Morgan fingerprint density at radius 3 is 2.91 bits per heavy atom. The molecule has 166 valence electrons. The number of aryl methyl sites for hydroxylation is 1. The van der Waals surface area contributed by atoms with Crippen LogP contribution in [0, 0.1) is 0 Å². The molecule has 0 unspecified atom stereocenters. The molecule has 0 spiro atoms. The molecule has 0 fully saturated rings. The minimum atomic E-state index is -0.185. The van der Waals surface area contributed by atoms with Crippen LogP contribution in [0.25, 0.3) is 26.9 Å². The Labute approximate surface area is 197 Å². The second-order valence-corrected chi connectivity index (χ2v) is 9.32. The lowest BCUT2D eigenvalue weighted by Crippen LogP contribution is -2.22. The number of carbonyl (C=O) groups is 1. The molecule has 3 heterocycles. The van der Waals surface area contributed by atoms with Crippen molar-refractivity contribution in [1.82, 2.24) is 24.1 Å². The highest BCUT2D eigenvalue weighted by Crippen LogP contribution is 2.28. The Kier molecular flexibility index (Phi) is 5.69. The van der Waals surface area contributed by atoms with Gasteiger partial charge in [0.05, 0.1) is 26.9 Å². The molecule has 33 heavy (non-hydrogen) atoms. The molecule has 0 saturated heterocycles. The highest BCUT2D eigenvalue weighted by Gasteiger charge is 2.17. The number of benzene rings is 2. The van der Waals surface area contributed by atoms with Crippen molar-refractivity contribution in [3.05, 3.63) is 71.0 Å². The van der Waals surface area contributed by atoms with Crippen LogP contribution in [0.4, 0.5) is 5.13 Å². The number of nitrogens with one attached hydrogen (secondary N) is 1. The van der Waals surface area contributed by atoms with Crippen LogP contribution >= 0.6 is 23.1 Å². The van der Waals surface area contributed by atoms with Gasteiger partial charge in [0.2, 0.25) is 11.7 Å². The molecule has 1 amide bonds. The number of allylic oxidation sites excluding steroid dienone is 1. The molecule has 8 nitrogen and oxygen atoms in total. The Morgan fingerprint density at radius 2 is 2.09 bits per heavy atom. The van der Waals surface area contributed by atoms with Crippen molar-refractivity contribution in [1.29, 1.82) is 0 Å². The third kappa shape index (κ3) is 3.91. The third-order valence-electron chi connectivity index (χ3n) is 5.23. The van der Waals surface area contributed by atoms with Crippen LogP contribution in [-0.2, 0) is 17.8 Å². The number of rotatable bonds is 7. The number of carbonyl (C=O) groups excluding carboxylic acids is 1. The van der Waals surface area contributed by atoms with Gasteiger partial charge >= 0.3 is 0 Å². The molecule has 2 aromatic carbocycles. The van der Waals surface area contributed by atoms with E-state index in [0.29, 0.717) is 33.5 Å². The summed E-state index contributed by atoms with van der Waals surface area (Å²) in [4.78, 5) is 30.0. The van der Waals surface area contributed by atoms with E-state index in [9.17, 15) is 9.59 Å². The maximum atomic E-state index is 12.9. The van der Waals surface area contributed by atoms with E-state index in [1.807, 2.05) is 28.7 Å². The van der Waals surface area contributed by atoms with Gasteiger partial charge in [0.15, 0.2) is 10.3 Å². The molecule has 0 saturated carbocycles. The molecule has 0 bridgehead atoms. The SMILES string of the molecule is C=CCn1c(=O)c2ccccc2n2c(SCC(=O)Nc3nc4ccc(CC)cc4s3)nnc12. The molecule has 3 aromatic heterocycles. The average molecular weight is 477 g/mol. The fourth-order valence-electron chi connectivity index (χ4n) is 3.65. The fourth-order valence-corrected chi connectivity index (χ4v) is 5.33. The first-order chi connectivity index (χ1) is 16.1. The summed E-state index contributed by atoms with van der Waals surface area (Å²) in [5, 5.41) is 13.0. The van der Waals surface area contributed by atoms with Crippen LogP contribution in [0.3, 0.4) is 0 Å². The van der Waals surface area contributed by atoms with Crippen molar-refractivity contribution in [2.24, 2.45) is 0 Å². The van der Waals surface area contributed by atoms with Gasteiger partial charge in [-0.15, -0.1) is 16.8 Å². The van der Waals surface area contributed by atoms with Crippen molar-refractivity contribution in [3.8, 4) is 0 Å². The zero-order chi connectivity index (χ0) is 22.9. The summed E-state index contributed by atoms with van der Waals surface area (Å²) in [7, 11) is 0. The highest BCUT2D eigenvalue weighted by molar-refractivity contribution is 7.99. The predicted octanol–water partition coefficient (Wildman–Crippen LogP) is 4.13. The van der Waals surface area contributed by atoms with Crippen LogP contribution in [0.15, 0.2) is 65.1 Å². The largest absolute Gasteiger partial charge is 0.301 e. The number of thiazole rings is 1. The van der Waals surface area contributed by atoms with Crippen molar-refractivity contribution < 1.29 is 4.79 Å². The van der Waals surface area contributed by atoms with E-state index in [2.05, 4.69) is 46.1 Å². The quantitative estimate of drug-likeness (QED) is 0.280. The van der Waals surface area contributed by atoms with Gasteiger partial charge < -0.3 is 5.32 Å². The summed E-state index contributed by atoms with van der Waals surface area (Å²) in [5.74, 6) is 0.362. The van der Waals surface area contributed by atoms with Gasteiger partial charge in [-0.05, 0) is 36.2 Å². The zero-order valence-corrected chi connectivity index (χ0v) is 19.4. The lowest BCUT2D eigenvalue weighted by molar-refractivity contribution is -0.113. The standard InChI is InChI=1S/C23H20N6O2S2/c1-3-11-28-20(31)15-7-5-6-8-17(15)29-22(28)26-27-23(29)32-13-19(30)25-21-24-16-10-9-14(4-2)12-18(16)33-21/h3,5-10,12H,1,4,11,13H2,2H3,(H,24,25,30). The maximum Gasteiger partial charge on any atom is 0.263 e. The van der Waals surface area contributed by atoms with Gasteiger partial charge in [0.1, 0.15) is 0 Å². The zero-order valence-electron chi connectivity index (χ0n) is 17.8. The van der Waals surface area contributed by atoms with Crippen LogP contribution in [-0.4, -0.2) is 35.8 Å². The number of para-hydroxylation sites is 1. The van der Waals surface area contributed by atoms with Gasteiger partial charge in [0.25, 0.3) is 5.56 Å². The monoisotopic (exact) mass is 476 g/mol. The molecule has 5 aromatic rings. The molecule has 0 radical (unpaired) electrons. The average Bonchev–Trinajstić information content (AvgIpc) is 3.43. The topological polar surface area (TPSA) is 94.2 Å². The second kappa shape index (κ2) is 8.80. The molecule has 10 heteroatoms. The number of nitrogens with zero attached hydrogens (tertiary/aromatic N) is 5. The number of thioether (sulfide) groups is 1. The molecule has 1 N–H and O–H groups in total. The van der Waals surface area contributed by atoms with Gasteiger partial charge in [0, 0.05) is 6.54 Å². The molecule has 0 aliphatic heterocycles. The third-order valence-corrected chi connectivity index (χ3v) is 7.09. The number of fused-ring (bicyclic) bond motifs is 4. The minimum absolute atomic E-state index is 0.131. The van der Waals surface area contributed by atoms with E-state index in [0.717, 1.165) is 16.6 Å². The summed E-state index contributed by atoms with van der Waals surface area (Å²) in [5.41, 5.74) is 2.65. The summed E-state index contributed by atoms with van der Waals surface area (Å²) in [6.07, 6.45) is 2.60. The first kappa shape index (κ1) is 21.4. The van der Waals surface area contributed by atoms with Gasteiger partial charge in [-0.25, -0.2) is 4.98 Å². The van der Waals surface area contributed by atoms with E-state index in [1.54, 1.807) is 12.1 Å². The minimum Gasteiger partial charge on any atom is -0.301 e. The first-order valence-corrected chi connectivity index (χ1v) is 12.2. The lowest BCUT2D eigenvalue weighted by Gasteiger charge is -2.09. The summed E-state index contributed by atoms with van der Waals surface area (Å²) in [6.45, 7) is 6.16. The normalized spacial score (nSPS) is 11.4. The Hall–Kier alpha value is -3.50. The molecular formula is C23H20N6O2S2. The highest BCUT2D eigenvalue weighted by atomic mass is 32.2. The van der Waals surface area contributed by atoms with E-state index >= 15 is 0 Å². The summed E-state index contributed by atoms with van der Waals surface area (Å²) in [6, 6.07) is 13.4. The van der Waals surface area contributed by atoms with Gasteiger partial charge in [-0.2, -0.15) is 0 Å². The number of hydrogen-bond acceptors (Lipinski definition) is 7. The van der Waals surface area contributed by atoms with Crippen molar-refractivity contribution >= 4 is 61.0 Å². The number of anilines is 1. The van der Waals surface area contributed by atoms with Crippen LogP contribution in [0.1, 0.15) is 12.5 Å². The van der Waals surface area contributed by atoms with Crippen molar-refractivity contribution in [3.63, 3.8) is 0 Å². The molecule has 0 aliphatic rings. The van der Waals surface area contributed by atoms with Crippen LogP contribution in [0.5, 0.6) is 0 Å². The molecule has 0 atom stereocenters.